The van der Waals surface area contributed by atoms with Gasteiger partial charge in [0.15, 0.2) is 0 Å². The maximum absolute atomic E-state index is 12.5. The van der Waals surface area contributed by atoms with Gasteiger partial charge in [-0.3, -0.25) is 9.59 Å². The number of ether oxygens (including phenoxy) is 1. The van der Waals surface area contributed by atoms with Crippen LogP contribution < -0.4 is 15.0 Å². The number of hydrogen-bond donors (Lipinski definition) is 1. The van der Waals surface area contributed by atoms with Crippen LogP contribution in [-0.4, -0.2) is 25.5 Å². The molecule has 130 valence electrons. The fraction of sp³-hybridized carbons (Fsp3) is 0.222. The molecule has 5 nitrogen and oxygen atoms in total. The van der Waals surface area contributed by atoms with Gasteiger partial charge < -0.3 is 15.0 Å². The van der Waals surface area contributed by atoms with E-state index in [1.54, 1.807) is 36.3 Å². The van der Waals surface area contributed by atoms with Crippen LogP contribution in [0.5, 0.6) is 5.75 Å². The molecule has 1 heterocycles. The molecule has 2 amide bonds. The monoisotopic (exact) mass is 422 g/mol. The Morgan fingerprint density at radius 2 is 2.12 bits per heavy atom. The van der Waals surface area contributed by atoms with Crippen molar-refractivity contribution in [3.05, 3.63) is 52.0 Å². The number of rotatable bonds is 4. The van der Waals surface area contributed by atoms with Gasteiger partial charge in [0.05, 0.1) is 23.7 Å². The minimum atomic E-state index is -0.432. The first-order valence-electron chi connectivity index (χ1n) is 7.68. The van der Waals surface area contributed by atoms with Crippen molar-refractivity contribution in [2.75, 3.05) is 23.9 Å². The lowest BCUT2D eigenvalue weighted by Gasteiger charge is -2.17. The number of carbonyl (C=O) groups is 2. The van der Waals surface area contributed by atoms with Crippen LogP contribution >= 0.6 is 27.5 Å². The lowest BCUT2D eigenvalue weighted by atomic mass is 10.1. The second kappa shape index (κ2) is 7.45. The Kier molecular flexibility index (Phi) is 5.30. The molecule has 0 aliphatic carbocycles. The van der Waals surface area contributed by atoms with Crippen molar-refractivity contribution in [1.29, 1.82) is 0 Å². The fourth-order valence-corrected chi connectivity index (χ4v) is 3.46. The number of halogens is 2. The van der Waals surface area contributed by atoms with Gasteiger partial charge in [0, 0.05) is 29.2 Å². The summed E-state index contributed by atoms with van der Waals surface area (Å²) >= 11 is 9.45. The molecular formula is C18H16BrClN2O3. The van der Waals surface area contributed by atoms with E-state index in [4.69, 9.17) is 16.3 Å². The number of nitrogens with one attached hydrogen (secondary N) is 1. The molecule has 0 aromatic heterocycles. The number of benzene rings is 2. The van der Waals surface area contributed by atoms with Crippen molar-refractivity contribution < 1.29 is 14.3 Å². The second-order valence-electron chi connectivity index (χ2n) is 5.72. The zero-order valence-electron chi connectivity index (χ0n) is 13.5. The van der Waals surface area contributed by atoms with E-state index in [0.29, 0.717) is 23.0 Å². The summed E-state index contributed by atoms with van der Waals surface area (Å²) in [6.45, 7) is 0.325. The molecule has 1 N–H and O–H groups in total. The zero-order chi connectivity index (χ0) is 18.0. The summed E-state index contributed by atoms with van der Waals surface area (Å²) in [6.07, 6.45) is 0.164. The molecule has 25 heavy (non-hydrogen) atoms. The zero-order valence-corrected chi connectivity index (χ0v) is 15.8. The highest BCUT2D eigenvalue weighted by molar-refractivity contribution is 9.10. The van der Waals surface area contributed by atoms with Gasteiger partial charge in [-0.2, -0.15) is 0 Å². The lowest BCUT2D eigenvalue weighted by molar-refractivity contribution is -0.122. The minimum Gasteiger partial charge on any atom is -0.497 e. The third-order valence-corrected chi connectivity index (χ3v) is 4.86. The molecule has 1 fully saturated rings. The van der Waals surface area contributed by atoms with E-state index in [1.807, 2.05) is 18.2 Å². The van der Waals surface area contributed by atoms with Crippen molar-refractivity contribution in [2.24, 2.45) is 5.92 Å². The predicted octanol–water partition coefficient (Wildman–Crippen LogP) is 4.10. The Balaban J connectivity index is 1.72. The molecule has 1 aliphatic rings. The maximum Gasteiger partial charge on any atom is 0.229 e. The van der Waals surface area contributed by atoms with Crippen LogP contribution in [0.1, 0.15) is 6.42 Å². The van der Waals surface area contributed by atoms with E-state index in [1.165, 1.54) is 0 Å². The molecule has 0 spiro atoms. The fourth-order valence-electron chi connectivity index (χ4n) is 2.74. The molecule has 2 aromatic rings. The number of carbonyl (C=O) groups excluding carboxylic acids is 2. The molecule has 0 bridgehead atoms. The third-order valence-electron chi connectivity index (χ3n) is 4.05. The van der Waals surface area contributed by atoms with Gasteiger partial charge in [-0.15, -0.1) is 0 Å². The summed E-state index contributed by atoms with van der Waals surface area (Å²) in [6, 6.07) is 12.5. The van der Waals surface area contributed by atoms with Gasteiger partial charge in [-0.1, -0.05) is 33.6 Å². The highest BCUT2D eigenvalue weighted by Crippen LogP contribution is 2.30. The number of nitrogens with zero attached hydrogens (tertiary/aromatic N) is 1. The first-order valence-corrected chi connectivity index (χ1v) is 8.85. The molecule has 1 saturated heterocycles. The van der Waals surface area contributed by atoms with Gasteiger partial charge in [-0.05, 0) is 30.3 Å². The SMILES string of the molecule is COc1cccc(N2C[C@H](C(=O)Nc3ccc(Br)cc3Cl)CC2=O)c1. The minimum absolute atomic E-state index is 0.0877. The Morgan fingerprint density at radius 1 is 1.32 bits per heavy atom. The molecule has 3 rings (SSSR count). The topological polar surface area (TPSA) is 58.6 Å². The second-order valence-corrected chi connectivity index (χ2v) is 7.04. The van der Waals surface area contributed by atoms with Gasteiger partial charge in [0.2, 0.25) is 11.8 Å². The normalized spacial score (nSPS) is 16.8. The van der Waals surface area contributed by atoms with Crippen molar-refractivity contribution in [3.63, 3.8) is 0 Å². The van der Waals surface area contributed by atoms with Gasteiger partial charge >= 0.3 is 0 Å². The van der Waals surface area contributed by atoms with Crippen molar-refractivity contribution in [3.8, 4) is 5.75 Å². The largest absolute Gasteiger partial charge is 0.497 e. The third kappa shape index (κ3) is 3.96. The summed E-state index contributed by atoms with van der Waals surface area (Å²) in [5.41, 5.74) is 1.25. The predicted molar refractivity (Wildman–Crippen MR) is 101 cm³/mol. The van der Waals surface area contributed by atoms with Crippen LogP contribution in [0.25, 0.3) is 0 Å². The molecule has 1 aliphatic heterocycles. The summed E-state index contributed by atoms with van der Waals surface area (Å²) < 4.78 is 6.02. The van der Waals surface area contributed by atoms with Gasteiger partial charge in [-0.25, -0.2) is 0 Å². The molecule has 1 atom stereocenters. The highest BCUT2D eigenvalue weighted by atomic mass is 79.9. The van der Waals surface area contributed by atoms with Gasteiger partial charge in [0.25, 0.3) is 0 Å². The average Bonchev–Trinajstić information content (AvgIpc) is 2.99. The van der Waals surface area contributed by atoms with Crippen molar-refractivity contribution >= 4 is 50.7 Å². The summed E-state index contributed by atoms with van der Waals surface area (Å²) in [7, 11) is 1.57. The molecule has 0 saturated carbocycles. The Labute approximate surface area is 159 Å². The van der Waals surface area contributed by atoms with Crippen molar-refractivity contribution in [2.45, 2.75) is 6.42 Å². The number of hydrogen-bond acceptors (Lipinski definition) is 3. The van der Waals surface area contributed by atoms with Crippen LogP contribution in [0.4, 0.5) is 11.4 Å². The van der Waals surface area contributed by atoms with E-state index >= 15 is 0 Å². The van der Waals surface area contributed by atoms with Crippen LogP contribution in [0.3, 0.4) is 0 Å². The van der Waals surface area contributed by atoms with E-state index in [0.717, 1.165) is 10.2 Å². The summed E-state index contributed by atoms with van der Waals surface area (Å²) in [5.74, 6) is -0.0727. The molecular weight excluding hydrogens is 408 g/mol. The van der Waals surface area contributed by atoms with E-state index in [9.17, 15) is 9.59 Å². The standard InChI is InChI=1S/C18H16BrClN2O3/c1-25-14-4-2-3-13(9-14)22-10-11(7-17(22)23)18(24)21-16-6-5-12(19)8-15(16)20/h2-6,8-9,11H,7,10H2,1H3,(H,21,24)/t11-/m1/s1. The molecule has 7 heteroatoms. The van der Waals surface area contributed by atoms with Crippen LogP contribution in [0, 0.1) is 5.92 Å². The Hall–Kier alpha value is -2.05. The summed E-state index contributed by atoms with van der Waals surface area (Å²) in [4.78, 5) is 26.4. The lowest BCUT2D eigenvalue weighted by Crippen LogP contribution is -2.28. The molecule has 0 unspecified atom stereocenters. The van der Waals surface area contributed by atoms with E-state index < -0.39 is 5.92 Å². The van der Waals surface area contributed by atoms with Crippen LogP contribution in [0.15, 0.2) is 46.9 Å². The quantitative estimate of drug-likeness (QED) is 0.805. The Morgan fingerprint density at radius 3 is 2.84 bits per heavy atom. The summed E-state index contributed by atoms with van der Waals surface area (Å²) in [5, 5.41) is 3.24. The highest BCUT2D eigenvalue weighted by Gasteiger charge is 2.35. The molecule has 0 radical (unpaired) electrons. The van der Waals surface area contributed by atoms with Gasteiger partial charge in [0.1, 0.15) is 5.75 Å². The number of amides is 2. The first-order chi connectivity index (χ1) is 12.0. The molecule has 2 aromatic carbocycles. The smallest absolute Gasteiger partial charge is 0.229 e. The van der Waals surface area contributed by atoms with E-state index in [-0.39, 0.29) is 18.2 Å². The van der Waals surface area contributed by atoms with Crippen LogP contribution in [0.2, 0.25) is 5.02 Å². The Bertz CT molecular complexity index is 828. The average molecular weight is 424 g/mol. The number of anilines is 2. The van der Waals surface area contributed by atoms with E-state index in [2.05, 4.69) is 21.2 Å². The first kappa shape index (κ1) is 17.8. The van der Waals surface area contributed by atoms with Crippen LogP contribution in [-0.2, 0) is 9.59 Å². The number of methoxy groups -OCH3 is 1. The van der Waals surface area contributed by atoms with Crippen molar-refractivity contribution in [1.82, 2.24) is 0 Å². The maximum atomic E-state index is 12.5.